The van der Waals surface area contributed by atoms with Gasteiger partial charge in [0.15, 0.2) is 0 Å². The molecular formula is C83H80N2. The van der Waals surface area contributed by atoms with E-state index >= 15 is 0 Å². The van der Waals surface area contributed by atoms with Gasteiger partial charge >= 0.3 is 0 Å². The Morgan fingerprint density at radius 3 is 1.56 bits per heavy atom. The van der Waals surface area contributed by atoms with Gasteiger partial charge in [-0.2, -0.15) is 0 Å². The highest BCUT2D eigenvalue weighted by Crippen LogP contribution is 2.45. The van der Waals surface area contributed by atoms with Gasteiger partial charge in [-0.25, -0.2) is 0 Å². The van der Waals surface area contributed by atoms with Crippen molar-refractivity contribution in [2.45, 2.75) is 53.4 Å². The van der Waals surface area contributed by atoms with Crippen LogP contribution in [0.15, 0.2) is 329 Å². The van der Waals surface area contributed by atoms with E-state index < -0.39 is 0 Å². The van der Waals surface area contributed by atoms with E-state index in [0.717, 1.165) is 37.1 Å². The van der Waals surface area contributed by atoms with Crippen molar-refractivity contribution in [3.8, 4) is 55.6 Å². The molecule has 10 aromatic carbocycles. The summed E-state index contributed by atoms with van der Waals surface area (Å²) >= 11 is 0. The molecule has 0 saturated carbocycles. The lowest BCUT2D eigenvalue weighted by atomic mass is 9.85. The second-order valence-corrected chi connectivity index (χ2v) is 20.7. The number of hydrogen-bond acceptors (Lipinski definition) is 2. The summed E-state index contributed by atoms with van der Waals surface area (Å²) in [5.41, 5.74) is 22.4. The molecule has 0 N–H and O–H groups in total. The molecule has 0 radical (unpaired) electrons. The van der Waals surface area contributed by atoms with Crippen molar-refractivity contribution >= 4 is 39.0 Å². The zero-order valence-electron chi connectivity index (χ0n) is 50.4. The van der Waals surface area contributed by atoms with Crippen LogP contribution in [0.1, 0.15) is 57.2 Å². The first-order chi connectivity index (χ1) is 41.8. The third-order valence-electron chi connectivity index (χ3n) is 15.3. The number of aryl methyl sites for hydroxylation is 1. The lowest BCUT2D eigenvalue weighted by Crippen LogP contribution is -2.24. The Labute approximate surface area is 507 Å². The van der Waals surface area contributed by atoms with Gasteiger partial charge in [0.25, 0.3) is 0 Å². The summed E-state index contributed by atoms with van der Waals surface area (Å²) in [7, 11) is 2.22. The number of nitrogens with zero attached hydrogens (tertiary/aromatic N) is 2. The summed E-state index contributed by atoms with van der Waals surface area (Å²) in [6.07, 6.45) is 24.3. The van der Waals surface area contributed by atoms with Crippen LogP contribution in [0.3, 0.4) is 0 Å². The second-order valence-electron chi connectivity index (χ2n) is 20.7. The monoisotopic (exact) mass is 1100 g/mol. The van der Waals surface area contributed by atoms with E-state index in [1.54, 1.807) is 6.08 Å². The molecule has 0 fully saturated rings. The molecule has 0 atom stereocenters. The van der Waals surface area contributed by atoms with Crippen LogP contribution in [0.4, 0.5) is 11.4 Å². The predicted octanol–water partition coefficient (Wildman–Crippen LogP) is 23.5. The Hall–Kier alpha value is -10.0. The minimum absolute atomic E-state index is 0.903. The molecule has 0 aromatic heterocycles. The predicted molar refractivity (Wildman–Crippen MR) is 376 cm³/mol. The van der Waals surface area contributed by atoms with E-state index in [2.05, 4.69) is 325 Å². The summed E-state index contributed by atoms with van der Waals surface area (Å²) < 4.78 is 0. The molecule has 422 valence electrons. The molecule has 0 bridgehead atoms. The molecule has 0 spiro atoms. The van der Waals surface area contributed by atoms with Crippen molar-refractivity contribution in [1.82, 2.24) is 0 Å². The minimum atomic E-state index is 0.903. The summed E-state index contributed by atoms with van der Waals surface area (Å²) in [6.45, 7) is 25.4. The van der Waals surface area contributed by atoms with E-state index in [1.807, 2.05) is 32.1 Å². The molecule has 10 aromatic rings. The van der Waals surface area contributed by atoms with Crippen LogP contribution < -0.4 is 9.80 Å². The zero-order chi connectivity index (χ0) is 59.9. The SMILES string of the molecule is C=C.C=C/C=C\C=C(/C)N(C1=CC=C(N(C)c2ccc(-c3ccccc3-c3ccccc3)cc2CC)CC1)c1ccc(-c2c3ccccc3c(-c3cccc(-c4ccccc4)c3)c3ccccc23)cc1.C=CC.C=CCc1ccccc1/C=C/C. The zero-order valence-corrected chi connectivity index (χ0v) is 50.4. The number of fused-ring (bicyclic) bond motifs is 2. The van der Waals surface area contributed by atoms with E-state index in [9.17, 15) is 0 Å². The molecule has 85 heavy (non-hydrogen) atoms. The smallest absolute Gasteiger partial charge is 0.0455 e. The normalized spacial score (nSPS) is 11.9. The van der Waals surface area contributed by atoms with Gasteiger partial charge in [0, 0.05) is 35.5 Å². The molecule has 1 aliphatic carbocycles. The Morgan fingerprint density at radius 2 is 0.988 bits per heavy atom. The van der Waals surface area contributed by atoms with Crippen molar-refractivity contribution in [3.63, 3.8) is 0 Å². The summed E-state index contributed by atoms with van der Waals surface area (Å²) in [5.74, 6) is 0. The maximum atomic E-state index is 3.92. The molecule has 2 nitrogen and oxygen atoms in total. The van der Waals surface area contributed by atoms with Crippen LogP contribution >= 0.6 is 0 Å². The van der Waals surface area contributed by atoms with Crippen molar-refractivity contribution in [1.29, 1.82) is 0 Å². The maximum absolute atomic E-state index is 3.92. The lowest BCUT2D eigenvalue weighted by molar-refractivity contribution is 0.823. The van der Waals surface area contributed by atoms with Gasteiger partial charge in [0.1, 0.15) is 0 Å². The third kappa shape index (κ3) is 14.6. The number of hydrogen-bond donors (Lipinski definition) is 0. The van der Waals surface area contributed by atoms with Gasteiger partial charge in [0.2, 0.25) is 0 Å². The first-order valence-corrected chi connectivity index (χ1v) is 29.6. The van der Waals surface area contributed by atoms with Gasteiger partial charge in [-0.15, -0.1) is 26.3 Å². The largest absolute Gasteiger partial charge is 0.348 e. The molecule has 0 unspecified atom stereocenters. The average Bonchev–Trinajstić information content (AvgIpc) is 2.76. The van der Waals surface area contributed by atoms with E-state index in [1.165, 1.54) is 111 Å². The van der Waals surface area contributed by atoms with Gasteiger partial charge in [-0.05, 0) is 189 Å². The molecule has 0 saturated heterocycles. The third-order valence-corrected chi connectivity index (χ3v) is 15.3. The minimum Gasteiger partial charge on any atom is -0.348 e. The molecule has 0 heterocycles. The van der Waals surface area contributed by atoms with Crippen LogP contribution in [0.25, 0.3) is 83.3 Å². The van der Waals surface area contributed by atoms with Gasteiger partial charge in [-0.3, -0.25) is 0 Å². The first-order valence-electron chi connectivity index (χ1n) is 29.6. The molecule has 1 aliphatic rings. The highest BCUT2D eigenvalue weighted by Gasteiger charge is 2.22. The first kappa shape index (κ1) is 61.1. The van der Waals surface area contributed by atoms with Crippen molar-refractivity contribution in [2.24, 2.45) is 0 Å². The van der Waals surface area contributed by atoms with Crippen LogP contribution in [0.5, 0.6) is 0 Å². The van der Waals surface area contributed by atoms with Gasteiger partial charge < -0.3 is 9.80 Å². The number of allylic oxidation sites excluding steroid dienone is 12. The fourth-order valence-electron chi connectivity index (χ4n) is 11.4. The Bertz CT molecular complexity index is 3980. The average molecular weight is 1110 g/mol. The Balaban J connectivity index is 0.000000484. The maximum Gasteiger partial charge on any atom is 0.0455 e. The summed E-state index contributed by atoms with van der Waals surface area (Å²) in [6, 6.07) is 81.5. The van der Waals surface area contributed by atoms with Crippen LogP contribution in [0, 0.1) is 0 Å². The molecule has 0 amide bonds. The topological polar surface area (TPSA) is 6.48 Å². The van der Waals surface area contributed by atoms with Crippen molar-refractivity contribution < 1.29 is 0 Å². The summed E-state index contributed by atoms with van der Waals surface area (Å²) in [4.78, 5) is 4.81. The number of benzene rings is 10. The van der Waals surface area contributed by atoms with Crippen LogP contribution in [0.2, 0.25) is 0 Å². The molecule has 0 aliphatic heterocycles. The fourth-order valence-corrected chi connectivity index (χ4v) is 11.4. The molecule has 11 rings (SSSR count). The van der Waals surface area contributed by atoms with Crippen LogP contribution in [-0.4, -0.2) is 7.05 Å². The number of rotatable bonds is 16. The second kappa shape index (κ2) is 30.9. The van der Waals surface area contributed by atoms with E-state index in [0.29, 0.717) is 0 Å². The highest BCUT2D eigenvalue weighted by atomic mass is 15.2. The fraction of sp³-hybridized carbons (Fsp3) is 0.108. The quantitative estimate of drug-likeness (QED) is 0.0540. The molecule has 2 heteroatoms. The standard InChI is InChI=1S/C66H56N2.C12H14.C3H6.C2H4/c1-5-7-10-22-47(3)68(57-42-40-55(41-43-57)67(4)64-44-37-53(45-48(64)6-2)59-30-16-15-29-58(59)50-25-13-9-14-26-50)56-38-35-51(36-39-56)65-60-31-17-19-33-62(60)66(63-34-20-18-32-61(63)65)54-28-21-27-52(46-54)49-23-11-8-12-24-49;1-3-7-11-9-5-6-10-12(11)8-4-2;1-3-2;1-2/h5,7-40,42,44-46H,1,6,41,43H2,2-4H3;3-6,8-10H,1,7H2,2H3;3H,1H2,2H3;1-2H2/b10-7-,47-22+;8-4+;;. The summed E-state index contributed by atoms with van der Waals surface area (Å²) in [5, 5.41) is 4.99. The van der Waals surface area contributed by atoms with E-state index in [4.69, 9.17) is 0 Å². The van der Waals surface area contributed by atoms with Crippen molar-refractivity contribution in [3.05, 3.63) is 346 Å². The van der Waals surface area contributed by atoms with Gasteiger partial charge in [0.05, 0.1) is 0 Å². The molecular weight excluding hydrogens is 1020 g/mol. The van der Waals surface area contributed by atoms with Crippen LogP contribution in [-0.2, 0) is 12.8 Å². The number of anilines is 2. The van der Waals surface area contributed by atoms with E-state index in [-0.39, 0.29) is 0 Å². The Morgan fingerprint density at radius 1 is 0.482 bits per heavy atom. The van der Waals surface area contributed by atoms with Gasteiger partial charge in [-0.1, -0.05) is 250 Å². The van der Waals surface area contributed by atoms with Crippen molar-refractivity contribution in [2.75, 3.05) is 16.8 Å². The lowest BCUT2D eigenvalue weighted by Gasteiger charge is -2.33. The Kier molecular flexibility index (Phi) is 22.2. The highest BCUT2D eigenvalue weighted by molar-refractivity contribution is 6.21.